The molecule has 0 aliphatic carbocycles. The van der Waals surface area contributed by atoms with Crippen LogP contribution in [0.4, 0.5) is 10.1 Å². The van der Waals surface area contributed by atoms with Crippen LogP contribution in [-0.2, 0) is 4.79 Å². The van der Waals surface area contributed by atoms with Crippen molar-refractivity contribution in [1.82, 2.24) is 5.32 Å². The van der Waals surface area contributed by atoms with Crippen LogP contribution < -0.4 is 10.6 Å². The molecule has 1 unspecified atom stereocenters. The molecular weight excluding hydrogens is 223 g/mol. The molecule has 17 heavy (non-hydrogen) atoms. The molecule has 0 aliphatic heterocycles. The number of aliphatic hydroxyl groups excluding tert-OH is 1. The smallest absolute Gasteiger partial charge is 0.225 e. The van der Waals surface area contributed by atoms with Gasteiger partial charge in [-0.1, -0.05) is 0 Å². The molecule has 0 fully saturated rings. The molecule has 4 nitrogen and oxygen atoms in total. The zero-order chi connectivity index (χ0) is 12.7. The molecule has 0 radical (unpaired) electrons. The monoisotopic (exact) mass is 240 g/mol. The lowest BCUT2D eigenvalue weighted by molar-refractivity contribution is -0.116. The van der Waals surface area contributed by atoms with Gasteiger partial charge in [0.2, 0.25) is 5.91 Å². The highest BCUT2D eigenvalue weighted by Gasteiger charge is 2.08. The van der Waals surface area contributed by atoms with Gasteiger partial charge in [0.25, 0.3) is 0 Å². The molecule has 0 saturated carbocycles. The summed E-state index contributed by atoms with van der Waals surface area (Å²) in [5.74, 6) is -0.476. The second kappa shape index (κ2) is 6.98. The van der Waals surface area contributed by atoms with Crippen LogP contribution in [0.5, 0.6) is 0 Å². The van der Waals surface area contributed by atoms with Crippen LogP contribution in [0, 0.1) is 5.82 Å². The number of rotatable bonds is 6. The van der Waals surface area contributed by atoms with Gasteiger partial charge in [-0.3, -0.25) is 4.79 Å². The fraction of sp³-hybridized carbons (Fsp3) is 0.417. The van der Waals surface area contributed by atoms with Crippen LogP contribution in [0.1, 0.15) is 13.3 Å². The Kier molecular flexibility index (Phi) is 5.59. The maximum atomic E-state index is 12.6. The van der Waals surface area contributed by atoms with Crippen molar-refractivity contribution in [2.24, 2.45) is 0 Å². The molecule has 1 amide bonds. The number of halogens is 1. The quantitative estimate of drug-likeness (QED) is 0.698. The van der Waals surface area contributed by atoms with Gasteiger partial charge in [-0.2, -0.15) is 0 Å². The van der Waals surface area contributed by atoms with Crippen molar-refractivity contribution in [3.63, 3.8) is 0 Å². The largest absolute Gasteiger partial charge is 0.395 e. The number of nitrogens with one attached hydrogen (secondary N) is 2. The van der Waals surface area contributed by atoms with Gasteiger partial charge in [-0.15, -0.1) is 0 Å². The van der Waals surface area contributed by atoms with E-state index in [1.807, 2.05) is 6.92 Å². The van der Waals surface area contributed by atoms with Crippen LogP contribution in [0.15, 0.2) is 24.3 Å². The Bertz CT molecular complexity index is 354. The average molecular weight is 240 g/mol. The minimum Gasteiger partial charge on any atom is -0.395 e. The first-order valence-corrected chi connectivity index (χ1v) is 5.51. The number of aliphatic hydroxyl groups is 1. The van der Waals surface area contributed by atoms with Crippen LogP contribution in [0.2, 0.25) is 0 Å². The first kappa shape index (κ1) is 13.6. The van der Waals surface area contributed by atoms with Gasteiger partial charge in [0.15, 0.2) is 0 Å². The maximum Gasteiger partial charge on any atom is 0.225 e. The lowest BCUT2D eigenvalue weighted by Gasteiger charge is -2.12. The molecule has 0 saturated heterocycles. The van der Waals surface area contributed by atoms with E-state index < -0.39 is 0 Å². The van der Waals surface area contributed by atoms with Crippen LogP contribution in [0.25, 0.3) is 0 Å². The molecule has 1 rings (SSSR count). The molecule has 0 heterocycles. The van der Waals surface area contributed by atoms with Crippen LogP contribution in [-0.4, -0.2) is 30.2 Å². The molecular formula is C12H17FN2O2. The summed E-state index contributed by atoms with van der Waals surface area (Å²) in [7, 11) is 0. The first-order chi connectivity index (χ1) is 8.11. The van der Waals surface area contributed by atoms with Gasteiger partial charge in [-0.05, 0) is 31.2 Å². The Hall–Kier alpha value is -1.46. The van der Waals surface area contributed by atoms with E-state index >= 15 is 0 Å². The number of amides is 1. The number of anilines is 1. The number of benzene rings is 1. The molecule has 1 aromatic carbocycles. The Labute approximate surface area is 99.8 Å². The lowest BCUT2D eigenvalue weighted by Crippen LogP contribution is -2.32. The summed E-state index contributed by atoms with van der Waals surface area (Å²) >= 11 is 0. The fourth-order valence-corrected chi connectivity index (χ4v) is 1.41. The molecule has 94 valence electrons. The molecule has 0 bridgehead atoms. The molecule has 3 N–H and O–H groups in total. The summed E-state index contributed by atoms with van der Waals surface area (Å²) in [6, 6.07) is 5.60. The van der Waals surface area contributed by atoms with Crippen LogP contribution in [0.3, 0.4) is 0 Å². The Morgan fingerprint density at radius 2 is 2.06 bits per heavy atom. The van der Waals surface area contributed by atoms with E-state index in [9.17, 15) is 9.18 Å². The highest BCUT2D eigenvalue weighted by Crippen LogP contribution is 2.08. The minimum atomic E-state index is -0.332. The third-order valence-corrected chi connectivity index (χ3v) is 2.22. The SMILES string of the molecule is CC(CC(=O)Nc1ccc(F)cc1)NCCO. The normalized spacial score (nSPS) is 12.2. The predicted octanol–water partition coefficient (Wildman–Crippen LogP) is 1.12. The van der Waals surface area contributed by atoms with E-state index in [1.165, 1.54) is 24.3 Å². The zero-order valence-electron chi connectivity index (χ0n) is 9.74. The van der Waals surface area contributed by atoms with Gasteiger partial charge in [0, 0.05) is 24.7 Å². The van der Waals surface area contributed by atoms with E-state index in [0.29, 0.717) is 18.7 Å². The minimum absolute atomic E-state index is 0.0115. The van der Waals surface area contributed by atoms with Crippen molar-refractivity contribution in [1.29, 1.82) is 0 Å². The van der Waals surface area contributed by atoms with E-state index in [-0.39, 0.29) is 24.4 Å². The van der Waals surface area contributed by atoms with Crippen molar-refractivity contribution in [3.05, 3.63) is 30.1 Å². The van der Waals surface area contributed by atoms with Gasteiger partial charge < -0.3 is 15.7 Å². The molecule has 0 aromatic heterocycles. The summed E-state index contributed by atoms with van der Waals surface area (Å²) in [5.41, 5.74) is 0.575. The molecule has 0 spiro atoms. The van der Waals surface area contributed by atoms with Crippen LogP contribution >= 0.6 is 0 Å². The number of carbonyl (C=O) groups excluding carboxylic acids is 1. The standard InChI is InChI=1S/C12H17FN2O2/c1-9(14-6-7-16)8-12(17)15-11-4-2-10(13)3-5-11/h2-5,9,14,16H,6-8H2,1H3,(H,15,17). The molecule has 1 aromatic rings. The van der Waals surface area contributed by atoms with Gasteiger partial charge in [0.1, 0.15) is 5.82 Å². The van der Waals surface area contributed by atoms with E-state index in [2.05, 4.69) is 10.6 Å². The number of hydrogen-bond donors (Lipinski definition) is 3. The second-order valence-corrected chi connectivity index (χ2v) is 3.84. The van der Waals surface area contributed by atoms with Gasteiger partial charge >= 0.3 is 0 Å². The van der Waals surface area contributed by atoms with Crippen molar-refractivity contribution < 1.29 is 14.3 Å². The summed E-state index contributed by atoms with van der Waals surface area (Å²) in [6.45, 7) is 2.37. The molecule has 5 heteroatoms. The van der Waals surface area contributed by atoms with Gasteiger partial charge in [0.05, 0.1) is 6.61 Å². The average Bonchev–Trinajstić information content (AvgIpc) is 2.29. The van der Waals surface area contributed by atoms with Crippen molar-refractivity contribution in [2.75, 3.05) is 18.5 Å². The third kappa shape index (κ3) is 5.42. The Morgan fingerprint density at radius 1 is 1.41 bits per heavy atom. The van der Waals surface area contributed by atoms with E-state index in [4.69, 9.17) is 5.11 Å². The fourth-order valence-electron chi connectivity index (χ4n) is 1.41. The van der Waals surface area contributed by atoms with Crippen molar-refractivity contribution in [2.45, 2.75) is 19.4 Å². The summed E-state index contributed by atoms with van der Waals surface area (Å²) < 4.78 is 12.6. The highest BCUT2D eigenvalue weighted by molar-refractivity contribution is 5.90. The highest BCUT2D eigenvalue weighted by atomic mass is 19.1. The zero-order valence-corrected chi connectivity index (χ0v) is 9.74. The van der Waals surface area contributed by atoms with E-state index in [1.54, 1.807) is 0 Å². The first-order valence-electron chi connectivity index (χ1n) is 5.51. The third-order valence-electron chi connectivity index (χ3n) is 2.22. The Morgan fingerprint density at radius 3 is 2.65 bits per heavy atom. The topological polar surface area (TPSA) is 61.4 Å². The Balaban J connectivity index is 2.36. The second-order valence-electron chi connectivity index (χ2n) is 3.84. The van der Waals surface area contributed by atoms with Gasteiger partial charge in [-0.25, -0.2) is 4.39 Å². The van der Waals surface area contributed by atoms with Crippen molar-refractivity contribution in [3.8, 4) is 0 Å². The van der Waals surface area contributed by atoms with Crippen molar-refractivity contribution >= 4 is 11.6 Å². The number of hydrogen-bond acceptors (Lipinski definition) is 3. The lowest BCUT2D eigenvalue weighted by atomic mass is 10.2. The predicted molar refractivity (Wildman–Crippen MR) is 64.2 cm³/mol. The summed E-state index contributed by atoms with van der Waals surface area (Å²) in [6.07, 6.45) is 0.303. The maximum absolute atomic E-state index is 12.6. The number of carbonyl (C=O) groups is 1. The summed E-state index contributed by atoms with van der Waals surface area (Å²) in [5, 5.41) is 14.3. The molecule has 0 aliphatic rings. The molecule has 1 atom stereocenters. The summed E-state index contributed by atoms with van der Waals surface area (Å²) in [4.78, 5) is 11.6. The van der Waals surface area contributed by atoms with E-state index in [0.717, 1.165) is 0 Å².